The molecule has 0 aliphatic carbocycles. The monoisotopic (exact) mass is 249 g/mol. The van der Waals surface area contributed by atoms with Gasteiger partial charge >= 0.3 is 5.76 Å². The van der Waals surface area contributed by atoms with E-state index in [1.165, 1.54) is 9.47 Å². The Balaban J connectivity index is 2.31. The normalized spacial score (nSPS) is 10.8. The lowest BCUT2D eigenvalue weighted by atomic mass is 10.3. The third-order valence-electron chi connectivity index (χ3n) is 2.74. The summed E-state index contributed by atoms with van der Waals surface area (Å²) >= 11 is 0. The number of aryl methyl sites for hydroxylation is 1. The average molecular weight is 249 g/mol. The predicted molar refractivity (Wildman–Crippen MR) is 68.2 cm³/mol. The largest absolute Gasteiger partial charge is 0.419 e. The van der Waals surface area contributed by atoms with Crippen LogP contribution in [0.1, 0.15) is 6.42 Å². The number of carbonyl (C=O) groups excluding carboxylic acids is 1. The van der Waals surface area contributed by atoms with E-state index in [9.17, 15) is 9.59 Å². The lowest BCUT2D eigenvalue weighted by Gasteiger charge is -2.09. The lowest BCUT2D eigenvalue weighted by molar-refractivity contribution is -0.128. The molecule has 0 saturated carbocycles. The standard InChI is InChI=1S/C12H15N3O3/c1-14(2)11(16)5-6-15-9-4-3-8(13)7-10(9)18-12(15)17/h3-4,7H,5-6,13H2,1-2H3. The second-order valence-electron chi connectivity index (χ2n) is 4.28. The number of amides is 1. The smallest absolute Gasteiger partial charge is 0.408 e. The lowest BCUT2D eigenvalue weighted by Crippen LogP contribution is -2.25. The average Bonchev–Trinajstić information content (AvgIpc) is 2.60. The van der Waals surface area contributed by atoms with Gasteiger partial charge in [0.25, 0.3) is 0 Å². The number of benzene rings is 1. The Kier molecular flexibility index (Phi) is 3.10. The number of hydrogen-bond acceptors (Lipinski definition) is 4. The van der Waals surface area contributed by atoms with Gasteiger partial charge in [-0.05, 0) is 12.1 Å². The molecule has 0 aliphatic heterocycles. The number of nitrogens with zero attached hydrogens (tertiary/aromatic N) is 2. The summed E-state index contributed by atoms with van der Waals surface area (Å²) in [6.07, 6.45) is 0.256. The molecule has 0 saturated heterocycles. The van der Waals surface area contributed by atoms with E-state index >= 15 is 0 Å². The number of carbonyl (C=O) groups is 1. The highest BCUT2D eigenvalue weighted by molar-refractivity contribution is 5.78. The molecule has 6 nitrogen and oxygen atoms in total. The molecule has 0 spiro atoms. The summed E-state index contributed by atoms with van der Waals surface area (Å²) in [4.78, 5) is 24.7. The Bertz CT molecular complexity index is 640. The highest BCUT2D eigenvalue weighted by Gasteiger charge is 2.11. The fourth-order valence-electron chi connectivity index (χ4n) is 1.73. The van der Waals surface area contributed by atoms with Crippen molar-refractivity contribution in [1.29, 1.82) is 0 Å². The first-order chi connectivity index (χ1) is 8.49. The summed E-state index contributed by atoms with van der Waals surface area (Å²) in [5.74, 6) is -0.506. The summed E-state index contributed by atoms with van der Waals surface area (Å²) in [7, 11) is 3.36. The number of aromatic nitrogens is 1. The first kappa shape index (κ1) is 12.2. The molecule has 0 unspecified atom stereocenters. The van der Waals surface area contributed by atoms with Crippen LogP contribution in [0.4, 0.5) is 5.69 Å². The highest BCUT2D eigenvalue weighted by atomic mass is 16.4. The topological polar surface area (TPSA) is 81.5 Å². The molecule has 0 bridgehead atoms. The number of rotatable bonds is 3. The van der Waals surface area contributed by atoms with Crippen LogP contribution in [0.25, 0.3) is 11.1 Å². The Morgan fingerprint density at radius 1 is 1.44 bits per heavy atom. The molecule has 0 radical (unpaired) electrons. The van der Waals surface area contributed by atoms with Crippen LogP contribution in [-0.4, -0.2) is 29.5 Å². The summed E-state index contributed by atoms with van der Waals surface area (Å²) in [6, 6.07) is 5.01. The number of fused-ring (bicyclic) bond motifs is 1. The fourth-order valence-corrected chi connectivity index (χ4v) is 1.73. The SMILES string of the molecule is CN(C)C(=O)CCn1c(=O)oc2cc(N)ccc21. The van der Waals surface area contributed by atoms with E-state index in [0.717, 1.165) is 0 Å². The maximum Gasteiger partial charge on any atom is 0.419 e. The quantitative estimate of drug-likeness (QED) is 0.810. The van der Waals surface area contributed by atoms with E-state index in [4.69, 9.17) is 10.2 Å². The second-order valence-corrected chi connectivity index (χ2v) is 4.28. The number of nitrogen functional groups attached to an aromatic ring is 1. The Morgan fingerprint density at radius 3 is 2.83 bits per heavy atom. The number of hydrogen-bond donors (Lipinski definition) is 1. The molecule has 0 aliphatic rings. The van der Waals surface area contributed by atoms with Crippen LogP contribution in [0.15, 0.2) is 27.4 Å². The van der Waals surface area contributed by atoms with Crippen molar-refractivity contribution in [2.45, 2.75) is 13.0 Å². The fraction of sp³-hybridized carbons (Fsp3) is 0.333. The zero-order valence-electron chi connectivity index (χ0n) is 10.3. The molecule has 2 N–H and O–H groups in total. The maximum absolute atomic E-state index is 11.7. The summed E-state index contributed by atoms with van der Waals surface area (Å²) < 4.78 is 6.52. The van der Waals surface area contributed by atoms with Crippen molar-refractivity contribution >= 4 is 22.7 Å². The van der Waals surface area contributed by atoms with E-state index in [-0.39, 0.29) is 12.3 Å². The van der Waals surface area contributed by atoms with Gasteiger partial charge in [-0.3, -0.25) is 9.36 Å². The highest BCUT2D eigenvalue weighted by Crippen LogP contribution is 2.16. The summed E-state index contributed by atoms with van der Waals surface area (Å²) in [6.45, 7) is 0.298. The number of oxazole rings is 1. The van der Waals surface area contributed by atoms with Crippen molar-refractivity contribution in [1.82, 2.24) is 9.47 Å². The van der Waals surface area contributed by atoms with Crippen molar-refractivity contribution in [2.75, 3.05) is 19.8 Å². The molecule has 1 amide bonds. The van der Waals surface area contributed by atoms with Gasteiger partial charge < -0.3 is 15.1 Å². The van der Waals surface area contributed by atoms with Crippen LogP contribution in [-0.2, 0) is 11.3 Å². The van der Waals surface area contributed by atoms with Gasteiger partial charge in [0.2, 0.25) is 5.91 Å². The van der Waals surface area contributed by atoms with E-state index in [2.05, 4.69) is 0 Å². The Morgan fingerprint density at radius 2 is 2.17 bits per heavy atom. The zero-order valence-corrected chi connectivity index (χ0v) is 10.3. The van der Waals surface area contributed by atoms with Gasteiger partial charge in [0, 0.05) is 38.8 Å². The zero-order chi connectivity index (χ0) is 13.3. The second kappa shape index (κ2) is 4.56. The van der Waals surface area contributed by atoms with Gasteiger partial charge in [0.05, 0.1) is 5.52 Å². The van der Waals surface area contributed by atoms with Crippen molar-refractivity contribution in [3.8, 4) is 0 Å². The van der Waals surface area contributed by atoms with Crippen LogP contribution >= 0.6 is 0 Å². The molecular weight excluding hydrogens is 234 g/mol. The van der Waals surface area contributed by atoms with E-state index < -0.39 is 5.76 Å². The summed E-state index contributed by atoms with van der Waals surface area (Å²) in [5, 5.41) is 0. The van der Waals surface area contributed by atoms with Crippen LogP contribution < -0.4 is 11.5 Å². The molecule has 2 aromatic rings. The first-order valence-electron chi connectivity index (χ1n) is 5.58. The Labute approximate surface area is 104 Å². The third kappa shape index (κ3) is 2.22. The van der Waals surface area contributed by atoms with E-state index in [0.29, 0.717) is 23.3 Å². The van der Waals surface area contributed by atoms with Crippen molar-refractivity contribution in [3.63, 3.8) is 0 Å². The molecule has 0 fully saturated rings. The Hall–Kier alpha value is -2.24. The predicted octanol–water partition coefficient (Wildman–Crippen LogP) is 0.655. The van der Waals surface area contributed by atoms with E-state index in [1.54, 1.807) is 32.3 Å². The van der Waals surface area contributed by atoms with Crippen molar-refractivity contribution < 1.29 is 9.21 Å². The summed E-state index contributed by atoms with van der Waals surface area (Å²) in [5.41, 5.74) is 7.24. The van der Waals surface area contributed by atoms with Crippen molar-refractivity contribution in [2.24, 2.45) is 0 Å². The van der Waals surface area contributed by atoms with Gasteiger partial charge in [0.15, 0.2) is 5.58 Å². The van der Waals surface area contributed by atoms with Crippen LogP contribution in [0.2, 0.25) is 0 Å². The van der Waals surface area contributed by atoms with Crippen LogP contribution in [0.5, 0.6) is 0 Å². The number of anilines is 1. The van der Waals surface area contributed by atoms with Gasteiger partial charge in [-0.15, -0.1) is 0 Å². The minimum Gasteiger partial charge on any atom is -0.408 e. The molecule has 96 valence electrons. The molecule has 0 atom stereocenters. The van der Waals surface area contributed by atoms with Crippen molar-refractivity contribution in [3.05, 3.63) is 28.7 Å². The maximum atomic E-state index is 11.7. The molecule has 18 heavy (non-hydrogen) atoms. The molecule has 1 aromatic carbocycles. The molecule has 6 heteroatoms. The molecule has 1 aromatic heterocycles. The minimum absolute atomic E-state index is 0.0355. The van der Waals surface area contributed by atoms with E-state index in [1.807, 2.05) is 0 Å². The van der Waals surface area contributed by atoms with Gasteiger partial charge in [-0.1, -0.05) is 0 Å². The van der Waals surface area contributed by atoms with Gasteiger partial charge in [-0.2, -0.15) is 0 Å². The molecule has 2 rings (SSSR count). The molecular formula is C12H15N3O3. The van der Waals surface area contributed by atoms with Gasteiger partial charge in [-0.25, -0.2) is 4.79 Å². The van der Waals surface area contributed by atoms with Crippen LogP contribution in [0, 0.1) is 0 Å². The number of nitrogens with two attached hydrogens (primary N) is 1. The molecule has 1 heterocycles. The third-order valence-corrected chi connectivity index (χ3v) is 2.74. The first-order valence-corrected chi connectivity index (χ1v) is 5.58. The van der Waals surface area contributed by atoms with Crippen LogP contribution in [0.3, 0.4) is 0 Å². The minimum atomic E-state index is -0.470. The van der Waals surface area contributed by atoms with Gasteiger partial charge in [0.1, 0.15) is 0 Å².